The van der Waals surface area contributed by atoms with Crippen molar-refractivity contribution in [3.05, 3.63) is 21.8 Å². The Labute approximate surface area is 117 Å². The number of nitrogens with zero attached hydrogens (tertiary/aromatic N) is 1. The van der Waals surface area contributed by atoms with Gasteiger partial charge in [-0.2, -0.15) is 0 Å². The van der Waals surface area contributed by atoms with Gasteiger partial charge >= 0.3 is 0 Å². The van der Waals surface area contributed by atoms with Gasteiger partial charge in [-0.3, -0.25) is 0 Å². The van der Waals surface area contributed by atoms with Crippen LogP contribution < -0.4 is 11.1 Å². The van der Waals surface area contributed by atoms with Crippen molar-refractivity contribution in [3.63, 3.8) is 0 Å². The van der Waals surface area contributed by atoms with Crippen molar-refractivity contribution in [3.8, 4) is 0 Å². The molecule has 0 atom stereocenters. The number of nitrogen functional groups attached to an aromatic ring is 1. The largest absolute Gasteiger partial charge is 0.397 e. The molecule has 1 aromatic carbocycles. The second kappa shape index (κ2) is 6.44. The predicted octanol–water partition coefficient (Wildman–Crippen LogP) is 2.77. The first-order chi connectivity index (χ1) is 8.25. The number of nitrogens with two attached hydrogens (primary N) is 1. The van der Waals surface area contributed by atoms with Gasteiger partial charge in [-0.05, 0) is 66.7 Å². The van der Waals surface area contributed by atoms with Gasteiger partial charge in [0, 0.05) is 16.7 Å². The third-order valence-corrected chi connectivity index (χ3v) is 3.88. The highest BCUT2D eigenvalue weighted by molar-refractivity contribution is 14.1. The highest BCUT2D eigenvalue weighted by atomic mass is 127. The lowest BCUT2D eigenvalue weighted by Gasteiger charge is -2.26. The molecule has 0 unspecified atom stereocenters. The Kier molecular flexibility index (Phi) is 4.91. The second-order valence-electron chi connectivity index (χ2n) is 4.56. The fourth-order valence-corrected chi connectivity index (χ4v) is 2.74. The van der Waals surface area contributed by atoms with Gasteiger partial charge in [0.05, 0.1) is 11.4 Å². The first-order valence-corrected chi connectivity index (χ1v) is 7.35. The van der Waals surface area contributed by atoms with Gasteiger partial charge in [0.1, 0.15) is 0 Å². The molecule has 0 spiro atoms. The first-order valence-electron chi connectivity index (χ1n) is 6.27. The Hall–Kier alpha value is -0.490. The van der Waals surface area contributed by atoms with Gasteiger partial charge in [0.15, 0.2) is 0 Å². The van der Waals surface area contributed by atoms with E-state index in [2.05, 4.69) is 44.9 Å². The van der Waals surface area contributed by atoms with E-state index in [-0.39, 0.29) is 0 Å². The lowest BCUT2D eigenvalue weighted by molar-refractivity contribution is 0.237. The molecule has 0 amide bonds. The zero-order chi connectivity index (χ0) is 12.1. The van der Waals surface area contributed by atoms with E-state index in [0.29, 0.717) is 0 Å². The Morgan fingerprint density at radius 1 is 1.24 bits per heavy atom. The third kappa shape index (κ3) is 4.03. The van der Waals surface area contributed by atoms with E-state index < -0.39 is 0 Å². The Morgan fingerprint density at radius 2 is 2.00 bits per heavy atom. The summed E-state index contributed by atoms with van der Waals surface area (Å²) in [5, 5.41) is 3.42. The highest BCUT2D eigenvalue weighted by Crippen LogP contribution is 2.20. The summed E-state index contributed by atoms with van der Waals surface area (Å²) >= 11 is 2.28. The number of hydrogen-bond acceptors (Lipinski definition) is 3. The van der Waals surface area contributed by atoms with Crippen LogP contribution in [-0.4, -0.2) is 31.1 Å². The monoisotopic (exact) mass is 345 g/mol. The Balaban J connectivity index is 1.77. The average molecular weight is 345 g/mol. The van der Waals surface area contributed by atoms with Crippen molar-refractivity contribution in [1.29, 1.82) is 0 Å². The number of anilines is 2. The molecule has 1 aromatic rings. The topological polar surface area (TPSA) is 41.3 Å². The number of piperidine rings is 1. The standard InChI is InChI=1S/C13H20IN3/c14-11-4-5-13(12(15)10-11)16-6-9-17-7-2-1-3-8-17/h4-5,10,16H,1-3,6-9,15H2. The van der Waals surface area contributed by atoms with Crippen molar-refractivity contribution >= 4 is 34.0 Å². The summed E-state index contributed by atoms with van der Waals surface area (Å²) in [7, 11) is 0. The van der Waals surface area contributed by atoms with Gasteiger partial charge in [-0.25, -0.2) is 0 Å². The minimum atomic E-state index is 0.843. The number of likely N-dealkylation sites (tertiary alicyclic amines) is 1. The molecule has 1 heterocycles. The molecule has 94 valence electrons. The van der Waals surface area contributed by atoms with Crippen LogP contribution in [-0.2, 0) is 0 Å². The molecule has 0 aromatic heterocycles. The lowest BCUT2D eigenvalue weighted by atomic mass is 10.1. The van der Waals surface area contributed by atoms with Crippen LogP contribution in [0, 0.1) is 3.57 Å². The summed E-state index contributed by atoms with van der Waals surface area (Å²) in [5.41, 5.74) is 7.86. The van der Waals surface area contributed by atoms with Crippen LogP contribution in [0.3, 0.4) is 0 Å². The van der Waals surface area contributed by atoms with E-state index >= 15 is 0 Å². The van der Waals surface area contributed by atoms with Crippen LogP contribution in [0.5, 0.6) is 0 Å². The molecule has 17 heavy (non-hydrogen) atoms. The first kappa shape index (κ1) is 13.0. The summed E-state index contributed by atoms with van der Waals surface area (Å²) in [6.07, 6.45) is 4.10. The third-order valence-electron chi connectivity index (χ3n) is 3.21. The average Bonchev–Trinajstić information content (AvgIpc) is 2.33. The van der Waals surface area contributed by atoms with Crippen LogP contribution in [0.1, 0.15) is 19.3 Å². The summed E-state index contributed by atoms with van der Waals surface area (Å²) in [6, 6.07) is 6.15. The molecule has 1 saturated heterocycles. The minimum Gasteiger partial charge on any atom is -0.397 e. The highest BCUT2D eigenvalue weighted by Gasteiger charge is 2.09. The zero-order valence-electron chi connectivity index (χ0n) is 10.1. The molecule has 1 aliphatic heterocycles. The van der Waals surface area contributed by atoms with Crippen LogP contribution in [0.4, 0.5) is 11.4 Å². The minimum absolute atomic E-state index is 0.843. The van der Waals surface area contributed by atoms with Gasteiger partial charge in [0.2, 0.25) is 0 Å². The number of halogens is 1. The normalized spacial score (nSPS) is 17.0. The van der Waals surface area contributed by atoms with E-state index in [1.54, 1.807) is 0 Å². The smallest absolute Gasteiger partial charge is 0.0575 e. The van der Waals surface area contributed by atoms with E-state index in [9.17, 15) is 0 Å². The van der Waals surface area contributed by atoms with Gasteiger partial charge in [-0.1, -0.05) is 6.42 Å². The fourth-order valence-electron chi connectivity index (χ4n) is 2.23. The van der Waals surface area contributed by atoms with E-state index in [1.165, 1.54) is 35.9 Å². The predicted molar refractivity (Wildman–Crippen MR) is 82.4 cm³/mol. The molecule has 4 heteroatoms. The van der Waals surface area contributed by atoms with Crippen LogP contribution >= 0.6 is 22.6 Å². The molecule has 3 N–H and O–H groups in total. The number of hydrogen-bond donors (Lipinski definition) is 2. The van der Waals surface area contributed by atoms with Gasteiger partial charge < -0.3 is 16.0 Å². The molecule has 1 fully saturated rings. The Bertz CT molecular complexity index is 362. The SMILES string of the molecule is Nc1cc(I)ccc1NCCN1CCCCC1. The summed E-state index contributed by atoms with van der Waals surface area (Å²) in [5.74, 6) is 0. The van der Waals surface area contributed by atoms with Gasteiger partial charge in [-0.15, -0.1) is 0 Å². The van der Waals surface area contributed by atoms with Crippen molar-refractivity contribution < 1.29 is 0 Å². The molecular formula is C13H20IN3. The fraction of sp³-hybridized carbons (Fsp3) is 0.538. The Morgan fingerprint density at radius 3 is 2.71 bits per heavy atom. The number of benzene rings is 1. The van der Waals surface area contributed by atoms with Crippen molar-refractivity contribution in [1.82, 2.24) is 4.90 Å². The summed E-state index contributed by atoms with van der Waals surface area (Å²) in [4.78, 5) is 2.53. The van der Waals surface area contributed by atoms with Gasteiger partial charge in [0.25, 0.3) is 0 Å². The molecule has 0 saturated carbocycles. The van der Waals surface area contributed by atoms with Crippen LogP contribution in [0.25, 0.3) is 0 Å². The van der Waals surface area contributed by atoms with Crippen molar-refractivity contribution in [2.45, 2.75) is 19.3 Å². The maximum absolute atomic E-state index is 5.96. The second-order valence-corrected chi connectivity index (χ2v) is 5.81. The quantitative estimate of drug-likeness (QED) is 0.651. The van der Waals surface area contributed by atoms with Crippen LogP contribution in [0.2, 0.25) is 0 Å². The van der Waals surface area contributed by atoms with E-state index in [1.807, 2.05) is 6.07 Å². The summed E-state index contributed by atoms with van der Waals surface area (Å²) in [6.45, 7) is 4.60. The van der Waals surface area contributed by atoms with Crippen molar-refractivity contribution in [2.24, 2.45) is 0 Å². The molecule has 2 rings (SSSR count). The molecule has 0 aliphatic carbocycles. The summed E-state index contributed by atoms with van der Waals surface area (Å²) < 4.78 is 1.18. The van der Waals surface area contributed by atoms with Crippen molar-refractivity contribution in [2.75, 3.05) is 37.2 Å². The zero-order valence-corrected chi connectivity index (χ0v) is 12.2. The number of nitrogens with one attached hydrogen (secondary N) is 1. The van der Waals surface area contributed by atoms with Crippen LogP contribution in [0.15, 0.2) is 18.2 Å². The maximum atomic E-state index is 5.96. The maximum Gasteiger partial charge on any atom is 0.0575 e. The van der Waals surface area contributed by atoms with E-state index in [0.717, 1.165) is 24.5 Å². The molecule has 3 nitrogen and oxygen atoms in total. The molecule has 0 radical (unpaired) electrons. The molecular weight excluding hydrogens is 325 g/mol. The lowest BCUT2D eigenvalue weighted by Crippen LogP contribution is -2.33. The molecule has 0 bridgehead atoms. The van der Waals surface area contributed by atoms with E-state index in [4.69, 9.17) is 5.73 Å². The number of rotatable bonds is 4. The molecule has 1 aliphatic rings.